The molecule has 0 aliphatic carbocycles. The maximum atomic E-state index is 14.3. The number of carbonyl (C=O) groups is 1. The zero-order valence-electron chi connectivity index (χ0n) is 49.8. The fourth-order valence-corrected chi connectivity index (χ4v) is 15.8. The quantitative estimate of drug-likeness (QED) is 0.0943. The van der Waals surface area contributed by atoms with Crippen LogP contribution in [0.1, 0.15) is 136 Å². The first kappa shape index (κ1) is 56.9. The number of hydrogen-bond acceptors (Lipinski definition) is 7. The number of fused-ring (bicyclic) bond motifs is 4. The number of rotatable bonds is 11. The van der Waals surface area contributed by atoms with E-state index in [1.807, 2.05) is 6.07 Å². The highest BCUT2D eigenvalue weighted by atomic mass is 31.2. The van der Waals surface area contributed by atoms with Crippen molar-refractivity contribution in [2.45, 2.75) is 159 Å². The molecular weight excluding hydrogens is 1030 g/mol. The second-order valence-electron chi connectivity index (χ2n) is 26.5. The molecular formula is C67H80O7P2Si2. The van der Waals surface area contributed by atoms with Crippen LogP contribution in [0.3, 0.4) is 0 Å². The van der Waals surface area contributed by atoms with Gasteiger partial charge in [-0.05, 0) is 112 Å². The van der Waals surface area contributed by atoms with Crippen LogP contribution in [-0.2, 0) is 15.4 Å². The normalized spacial score (nSPS) is 14.2. The van der Waals surface area contributed by atoms with Gasteiger partial charge in [-0.3, -0.25) is 0 Å². The van der Waals surface area contributed by atoms with Crippen LogP contribution in [0.5, 0.6) is 17.2 Å². The largest absolute Gasteiger partial charge is 0.532 e. The second kappa shape index (κ2) is 21.0. The first-order valence-corrected chi connectivity index (χ1v) is 36.8. The van der Waals surface area contributed by atoms with Gasteiger partial charge in [-0.1, -0.05) is 222 Å². The number of aryl methyl sites for hydroxylation is 4. The SMILES string of the molecule is Cc1cc(C)cc(-c2cccc3c2op(Oc2c(-c4cc(C(C)(C)C)cc([Si](C)(C)C)c4OP4OC(=O)c5cc(C(C)C)cc(C(C)C)c5O4)cc(C(C)(C)C)cc2[Si](C)(C)C)oc2c(-c4cc(C)cc(C)c4)cccc23)c1. The van der Waals surface area contributed by atoms with Gasteiger partial charge in [-0.2, -0.15) is 0 Å². The van der Waals surface area contributed by atoms with Crippen LogP contribution in [0.15, 0.2) is 118 Å². The van der Waals surface area contributed by atoms with Gasteiger partial charge in [0.05, 0.1) is 16.1 Å². The minimum Gasteiger partial charge on any atom is -0.408 e. The van der Waals surface area contributed by atoms with Gasteiger partial charge >= 0.3 is 22.8 Å². The van der Waals surface area contributed by atoms with Crippen LogP contribution in [0.2, 0.25) is 39.3 Å². The highest BCUT2D eigenvalue weighted by Gasteiger charge is 2.40. The van der Waals surface area contributed by atoms with Gasteiger partial charge in [0, 0.05) is 33.0 Å². The van der Waals surface area contributed by atoms with E-state index in [4.69, 9.17) is 26.5 Å². The van der Waals surface area contributed by atoms with Crippen LogP contribution >= 0.6 is 16.8 Å². The third-order valence-corrected chi connectivity index (χ3v) is 20.8. The standard InChI is InChI=1S/C67H80O7P2Si2/c1-39(2)45-33-54(40(3)4)62-57(34-45)65(68)74-76(71-62)73-64-56(36-49(67(12,13)14)38-59(64)78(18,19)20)55-35-48(66(9,10)11)37-58(77(15,16)17)63(55)72-75-69-60-50(46-29-41(5)27-42(6)30-46)23-21-25-52(60)53-26-22-24-51(61(53)70-75)47-31-43(7)28-44(8)32-47/h21-40H,1-20H3. The van der Waals surface area contributed by atoms with Gasteiger partial charge in [-0.15, -0.1) is 0 Å². The summed E-state index contributed by atoms with van der Waals surface area (Å²) in [6.45, 7) is 44.8. The van der Waals surface area contributed by atoms with Crippen molar-refractivity contribution in [1.82, 2.24) is 0 Å². The third kappa shape index (κ3) is 11.6. The van der Waals surface area contributed by atoms with Crippen molar-refractivity contribution >= 4 is 71.3 Å². The number of hydrogen-bond donors (Lipinski definition) is 0. The van der Waals surface area contributed by atoms with E-state index in [0.717, 1.165) is 76.8 Å². The van der Waals surface area contributed by atoms with Crippen molar-refractivity contribution < 1.29 is 31.3 Å². The van der Waals surface area contributed by atoms with Crippen molar-refractivity contribution in [3.05, 3.63) is 159 Å². The first-order valence-electron chi connectivity index (χ1n) is 27.6. The Kier molecular flexibility index (Phi) is 15.3. The monoisotopic (exact) mass is 1110 g/mol. The predicted molar refractivity (Wildman–Crippen MR) is 336 cm³/mol. The van der Waals surface area contributed by atoms with Crippen molar-refractivity contribution in [2.24, 2.45) is 0 Å². The first-order chi connectivity index (χ1) is 36.3. The molecule has 1 atom stereocenters. The average Bonchev–Trinajstić information content (AvgIpc) is 3.71. The lowest BCUT2D eigenvalue weighted by Crippen LogP contribution is -2.40. The molecule has 78 heavy (non-hydrogen) atoms. The Balaban J connectivity index is 1.39. The maximum absolute atomic E-state index is 14.3. The molecule has 0 N–H and O–H groups in total. The molecule has 7 aromatic carbocycles. The lowest BCUT2D eigenvalue weighted by atomic mass is 9.83. The van der Waals surface area contributed by atoms with Crippen LogP contribution in [0.25, 0.3) is 55.3 Å². The van der Waals surface area contributed by atoms with E-state index in [-0.39, 0.29) is 22.7 Å². The van der Waals surface area contributed by atoms with E-state index in [1.54, 1.807) is 0 Å². The number of carbonyl (C=O) groups excluding carboxylic acids is 1. The molecule has 0 bridgehead atoms. The Hall–Kier alpha value is -5.83. The molecule has 0 fully saturated rings. The molecule has 2 heterocycles. The fourth-order valence-electron chi connectivity index (χ4n) is 10.5. The Morgan fingerprint density at radius 2 is 0.923 bits per heavy atom. The molecule has 0 radical (unpaired) electrons. The average molecular weight is 1120 g/mol. The summed E-state index contributed by atoms with van der Waals surface area (Å²) in [6, 6.07) is 39.4. The molecule has 0 spiro atoms. The summed E-state index contributed by atoms with van der Waals surface area (Å²) in [5, 5.41) is 4.07. The summed E-state index contributed by atoms with van der Waals surface area (Å²) in [5.41, 5.74) is 16.0. The zero-order valence-corrected chi connectivity index (χ0v) is 53.6. The molecule has 1 aliphatic heterocycles. The molecule has 1 unspecified atom stereocenters. The number of benzene rings is 7. The smallest absolute Gasteiger partial charge is 0.408 e. The van der Waals surface area contributed by atoms with Crippen molar-refractivity contribution in [3.8, 4) is 50.6 Å². The van der Waals surface area contributed by atoms with Gasteiger partial charge in [0.1, 0.15) is 22.8 Å². The third-order valence-electron chi connectivity index (χ3n) is 14.8. The van der Waals surface area contributed by atoms with E-state index < -0.39 is 39.0 Å². The molecule has 7 nitrogen and oxygen atoms in total. The molecule has 8 aromatic rings. The maximum Gasteiger partial charge on any atom is 0.532 e. The molecule has 1 aromatic heterocycles. The van der Waals surface area contributed by atoms with Crippen LogP contribution in [0, 0.1) is 27.7 Å². The summed E-state index contributed by atoms with van der Waals surface area (Å²) in [7, 11) is -9.13. The summed E-state index contributed by atoms with van der Waals surface area (Å²) in [6.07, 6.45) is 0. The molecule has 0 amide bonds. The van der Waals surface area contributed by atoms with Gasteiger partial charge in [0.15, 0.2) is 11.2 Å². The van der Waals surface area contributed by atoms with E-state index in [2.05, 4.69) is 239 Å². The van der Waals surface area contributed by atoms with Crippen LogP contribution < -0.4 is 23.9 Å². The summed E-state index contributed by atoms with van der Waals surface area (Å²) in [5.74, 6) is 1.70. The highest BCUT2D eigenvalue weighted by Crippen LogP contribution is 2.54. The fraction of sp³-hybridized carbons (Fsp3) is 0.358. The predicted octanol–water partition coefficient (Wildman–Crippen LogP) is 20.2. The Morgan fingerprint density at radius 1 is 0.487 bits per heavy atom. The molecule has 11 heteroatoms. The van der Waals surface area contributed by atoms with E-state index in [0.29, 0.717) is 34.0 Å². The molecule has 0 saturated heterocycles. The molecule has 0 saturated carbocycles. The summed E-state index contributed by atoms with van der Waals surface area (Å²) < 4.78 is 43.1. The Labute approximate surface area is 468 Å². The molecule has 408 valence electrons. The summed E-state index contributed by atoms with van der Waals surface area (Å²) in [4.78, 5) is 14.3. The van der Waals surface area contributed by atoms with E-state index in [9.17, 15) is 4.79 Å². The highest BCUT2D eigenvalue weighted by molar-refractivity contribution is 7.43. The summed E-state index contributed by atoms with van der Waals surface area (Å²) >= 11 is 0. The van der Waals surface area contributed by atoms with Gasteiger partial charge < -0.3 is 26.5 Å². The van der Waals surface area contributed by atoms with Gasteiger partial charge in [0.2, 0.25) is 0 Å². The van der Waals surface area contributed by atoms with Crippen LogP contribution in [0.4, 0.5) is 0 Å². The number of para-hydroxylation sites is 2. The topological polar surface area (TPSA) is 80.3 Å². The molecule has 1 aliphatic rings. The lowest BCUT2D eigenvalue weighted by molar-refractivity contribution is 0.0696. The minimum atomic E-state index is -2.33. The zero-order chi connectivity index (χ0) is 56.7. The Morgan fingerprint density at radius 3 is 1.32 bits per heavy atom. The van der Waals surface area contributed by atoms with Gasteiger partial charge in [-0.25, -0.2) is 4.79 Å². The lowest BCUT2D eigenvalue weighted by Gasteiger charge is -2.32. The van der Waals surface area contributed by atoms with E-state index in [1.165, 1.54) is 22.3 Å². The second-order valence-corrected chi connectivity index (χ2v) is 38.6. The van der Waals surface area contributed by atoms with Crippen molar-refractivity contribution in [2.75, 3.05) is 0 Å². The van der Waals surface area contributed by atoms with Gasteiger partial charge in [0.25, 0.3) is 0 Å². The minimum absolute atomic E-state index is 0.0857. The van der Waals surface area contributed by atoms with E-state index >= 15 is 0 Å². The van der Waals surface area contributed by atoms with Crippen LogP contribution in [-0.4, -0.2) is 22.1 Å². The Bertz CT molecular complexity index is 3560. The molecule has 9 rings (SSSR count). The van der Waals surface area contributed by atoms with Crippen molar-refractivity contribution in [1.29, 1.82) is 0 Å². The van der Waals surface area contributed by atoms with Crippen molar-refractivity contribution in [3.63, 3.8) is 0 Å².